The first-order valence-corrected chi connectivity index (χ1v) is 2.74. The topological polar surface area (TPSA) is 60.7 Å². The lowest BCUT2D eigenvalue weighted by atomic mass is 10.2. The number of allylic oxidation sites excluding steroid dienone is 1. The van der Waals surface area contributed by atoms with Gasteiger partial charge in [0.25, 0.3) is 0 Å². The quantitative estimate of drug-likeness (QED) is 0.470. The van der Waals surface area contributed by atoms with Crippen molar-refractivity contribution in [2.45, 2.75) is 20.0 Å². The smallest absolute Gasteiger partial charge is 0.134 e. The second kappa shape index (κ2) is 3.48. The Morgan fingerprint density at radius 2 is 1.89 bits per heavy atom. The first kappa shape index (κ1) is 8.46. The van der Waals surface area contributed by atoms with Gasteiger partial charge in [-0.3, -0.25) is 0 Å². The van der Waals surface area contributed by atoms with Crippen LogP contribution >= 0.6 is 0 Å². The lowest BCUT2D eigenvalue weighted by molar-refractivity contribution is 0.0856. The predicted octanol–water partition coefficient (Wildman–Crippen LogP) is 0.192. The van der Waals surface area contributed by atoms with E-state index in [0.29, 0.717) is 5.57 Å². The van der Waals surface area contributed by atoms with Crippen LogP contribution in [-0.2, 0) is 0 Å². The summed E-state index contributed by atoms with van der Waals surface area (Å²) < 4.78 is 0. The van der Waals surface area contributed by atoms with E-state index in [0.717, 1.165) is 0 Å². The summed E-state index contributed by atoms with van der Waals surface area (Å²) in [5.41, 5.74) is 0.622. The molecule has 3 N–H and O–H groups in total. The van der Waals surface area contributed by atoms with Crippen LogP contribution in [0.25, 0.3) is 0 Å². The molecule has 0 saturated carbocycles. The van der Waals surface area contributed by atoms with Gasteiger partial charge >= 0.3 is 0 Å². The van der Waals surface area contributed by atoms with E-state index in [1.807, 2.05) is 0 Å². The van der Waals surface area contributed by atoms with Gasteiger partial charge in [-0.25, -0.2) is 0 Å². The molecule has 0 fully saturated rings. The van der Waals surface area contributed by atoms with Crippen molar-refractivity contribution in [2.75, 3.05) is 6.61 Å². The van der Waals surface area contributed by atoms with Crippen molar-refractivity contribution in [2.24, 2.45) is 0 Å². The Hall–Kier alpha value is -0.540. The molecule has 0 aromatic heterocycles. The van der Waals surface area contributed by atoms with Gasteiger partial charge in [-0.15, -0.1) is 0 Å². The molecule has 0 radical (unpaired) electrons. The molecule has 0 spiro atoms. The summed E-state index contributed by atoms with van der Waals surface area (Å²) in [6, 6.07) is 0. The zero-order valence-corrected chi connectivity index (χ0v) is 5.63. The van der Waals surface area contributed by atoms with Gasteiger partial charge in [-0.2, -0.15) is 0 Å². The molecule has 0 bridgehead atoms. The molecule has 0 aromatic rings. The van der Waals surface area contributed by atoms with Gasteiger partial charge in [0.15, 0.2) is 0 Å². The summed E-state index contributed by atoms with van der Waals surface area (Å²) >= 11 is 0. The molecule has 0 aliphatic carbocycles. The molecule has 0 unspecified atom stereocenters. The van der Waals surface area contributed by atoms with E-state index in [9.17, 15) is 0 Å². The molecular weight excluding hydrogens is 120 g/mol. The normalized spacial score (nSPS) is 12.9. The van der Waals surface area contributed by atoms with Crippen LogP contribution in [0.15, 0.2) is 11.3 Å². The monoisotopic (exact) mass is 132 g/mol. The second-order valence-electron chi connectivity index (χ2n) is 2.08. The van der Waals surface area contributed by atoms with E-state index in [4.69, 9.17) is 15.3 Å². The Morgan fingerprint density at radius 1 is 1.44 bits per heavy atom. The Morgan fingerprint density at radius 3 is 2.00 bits per heavy atom. The van der Waals surface area contributed by atoms with Crippen molar-refractivity contribution >= 4 is 0 Å². The Bertz CT molecular complexity index is 113. The molecule has 0 saturated heterocycles. The highest BCUT2D eigenvalue weighted by Crippen LogP contribution is 2.03. The standard InChI is InChI=1S/C6H12O3/c1-4(2)6(9)5(8)3-7/h5,7-9H,3H2,1-2H3/t5-/m0/s1. The highest BCUT2D eigenvalue weighted by atomic mass is 16.3. The Labute approximate surface area is 54.3 Å². The van der Waals surface area contributed by atoms with Gasteiger partial charge in [-0.1, -0.05) is 0 Å². The maximum absolute atomic E-state index is 8.86. The predicted molar refractivity (Wildman–Crippen MR) is 34.1 cm³/mol. The van der Waals surface area contributed by atoms with Crippen molar-refractivity contribution in [3.8, 4) is 0 Å². The average molecular weight is 132 g/mol. The number of aliphatic hydroxyl groups is 3. The SMILES string of the molecule is CC(C)=C(O)[C@@H](O)CO. The van der Waals surface area contributed by atoms with E-state index < -0.39 is 12.7 Å². The number of hydrogen-bond acceptors (Lipinski definition) is 3. The summed E-state index contributed by atoms with van der Waals surface area (Å²) in [7, 11) is 0. The van der Waals surface area contributed by atoms with Crippen LogP contribution in [0.3, 0.4) is 0 Å². The van der Waals surface area contributed by atoms with Crippen LogP contribution in [0.4, 0.5) is 0 Å². The fraction of sp³-hybridized carbons (Fsp3) is 0.667. The lowest BCUT2D eigenvalue weighted by Crippen LogP contribution is -2.15. The van der Waals surface area contributed by atoms with Gasteiger partial charge in [0.1, 0.15) is 11.9 Å². The second-order valence-corrected chi connectivity index (χ2v) is 2.08. The van der Waals surface area contributed by atoms with Crippen molar-refractivity contribution in [1.82, 2.24) is 0 Å². The highest BCUT2D eigenvalue weighted by Gasteiger charge is 2.07. The molecule has 0 rings (SSSR count). The molecule has 0 heterocycles. The van der Waals surface area contributed by atoms with Crippen molar-refractivity contribution in [3.63, 3.8) is 0 Å². The molecule has 3 heteroatoms. The molecule has 9 heavy (non-hydrogen) atoms. The van der Waals surface area contributed by atoms with Crippen LogP contribution in [0.1, 0.15) is 13.8 Å². The van der Waals surface area contributed by atoms with E-state index in [2.05, 4.69) is 0 Å². The zero-order chi connectivity index (χ0) is 7.44. The van der Waals surface area contributed by atoms with E-state index in [-0.39, 0.29) is 5.76 Å². The summed E-state index contributed by atoms with van der Waals surface area (Å²) in [6.45, 7) is 2.89. The minimum atomic E-state index is -1.12. The molecule has 54 valence electrons. The van der Waals surface area contributed by atoms with E-state index in [1.165, 1.54) is 0 Å². The minimum Gasteiger partial charge on any atom is -0.510 e. The number of rotatable bonds is 2. The van der Waals surface area contributed by atoms with Crippen molar-refractivity contribution in [1.29, 1.82) is 0 Å². The molecule has 0 aliphatic rings. The number of aliphatic hydroxyl groups excluding tert-OH is 3. The summed E-state index contributed by atoms with van der Waals surface area (Å²) in [5.74, 6) is -0.141. The Kier molecular flexibility index (Phi) is 3.27. The lowest BCUT2D eigenvalue weighted by Gasteiger charge is -2.06. The van der Waals surface area contributed by atoms with E-state index >= 15 is 0 Å². The fourth-order valence-corrected chi connectivity index (χ4v) is 0.420. The summed E-state index contributed by atoms with van der Waals surface area (Å²) in [6.07, 6.45) is -1.12. The first-order chi connectivity index (χ1) is 4.09. The van der Waals surface area contributed by atoms with Gasteiger partial charge in [-0.05, 0) is 19.4 Å². The van der Waals surface area contributed by atoms with Crippen molar-refractivity contribution in [3.05, 3.63) is 11.3 Å². The Balaban J connectivity index is 4.02. The third-order valence-corrected chi connectivity index (χ3v) is 1.00. The highest BCUT2D eigenvalue weighted by molar-refractivity contribution is 5.05. The molecule has 0 aromatic carbocycles. The number of hydrogen-bond donors (Lipinski definition) is 3. The maximum atomic E-state index is 8.86. The van der Waals surface area contributed by atoms with Gasteiger partial charge < -0.3 is 15.3 Å². The zero-order valence-electron chi connectivity index (χ0n) is 5.63. The molecular formula is C6H12O3. The van der Waals surface area contributed by atoms with Crippen LogP contribution in [0, 0.1) is 0 Å². The van der Waals surface area contributed by atoms with Crippen LogP contribution in [0.5, 0.6) is 0 Å². The maximum Gasteiger partial charge on any atom is 0.134 e. The van der Waals surface area contributed by atoms with Crippen LogP contribution in [-0.4, -0.2) is 28.0 Å². The van der Waals surface area contributed by atoms with E-state index in [1.54, 1.807) is 13.8 Å². The molecule has 1 atom stereocenters. The third-order valence-electron chi connectivity index (χ3n) is 1.00. The molecule has 0 amide bonds. The minimum absolute atomic E-state index is 0.141. The largest absolute Gasteiger partial charge is 0.510 e. The molecule has 3 nitrogen and oxygen atoms in total. The van der Waals surface area contributed by atoms with Gasteiger partial charge in [0, 0.05) is 0 Å². The van der Waals surface area contributed by atoms with Gasteiger partial charge in [0.05, 0.1) is 6.61 Å². The average Bonchev–Trinajstić information content (AvgIpc) is 1.84. The summed E-state index contributed by atoms with van der Waals surface area (Å²) in [4.78, 5) is 0. The van der Waals surface area contributed by atoms with Crippen LogP contribution in [0.2, 0.25) is 0 Å². The summed E-state index contributed by atoms with van der Waals surface area (Å²) in [5, 5.41) is 25.9. The fourth-order valence-electron chi connectivity index (χ4n) is 0.420. The van der Waals surface area contributed by atoms with Crippen LogP contribution < -0.4 is 0 Å². The third kappa shape index (κ3) is 2.49. The first-order valence-electron chi connectivity index (χ1n) is 2.74. The van der Waals surface area contributed by atoms with Gasteiger partial charge in [0.2, 0.25) is 0 Å². The van der Waals surface area contributed by atoms with Crippen molar-refractivity contribution < 1.29 is 15.3 Å². The molecule has 0 aliphatic heterocycles.